The van der Waals surface area contributed by atoms with Gasteiger partial charge >= 0.3 is 0 Å². The average molecular weight is 469 g/mol. The smallest absolute Gasteiger partial charge is 0.243 e. The fraction of sp³-hybridized carbons (Fsp3) is 0.571. The van der Waals surface area contributed by atoms with Crippen LogP contribution in [-0.4, -0.2) is 43.3 Å². The molecular formula is C28H40N2O2S. The third-order valence-electron chi connectivity index (χ3n) is 7.48. The van der Waals surface area contributed by atoms with Gasteiger partial charge in [0.1, 0.15) is 0 Å². The van der Waals surface area contributed by atoms with E-state index in [-0.39, 0.29) is 17.9 Å². The van der Waals surface area contributed by atoms with Crippen LogP contribution < -0.4 is 0 Å². The largest absolute Gasteiger partial charge is 0.294 e. The molecule has 4 nitrogen and oxygen atoms in total. The summed E-state index contributed by atoms with van der Waals surface area (Å²) in [6, 6.07) is 13.2. The first kappa shape index (κ1) is 24.4. The molecule has 1 atom stereocenters. The first-order chi connectivity index (χ1) is 15.6. The minimum atomic E-state index is -3.56. The molecule has 2 aromatic carbocycles. The molecule has 2 aliphatic rings. The summed E-state index contributed by atoms with van der Waals surface area (Å²) in [5, 5.41) is 0. The highest BCUT2D eigenvalue weighted by atomic mass is 32.2. The molecule has 0 N–H and O–H groups in total. The van der Waals surface area contributed by atoms with Crippen LogP contribution in [0.15, 0.2) is 41.3 Å². The second-order valence-corrected chi connectivity index (χ2v) is 12.7. The lowest BCUT2D eigenvalue weighted by atomic mass is 9.89. The topological polar surface area (TPSA) is 40.6 Å². The van der Waals surface area contributed by atoms with Crippen molar-refractivity contribution in [2.75, 3.05) is 19.6 Å². The van der Waals surface area contributed by atoms with Crippen LogP contribution >= 0.6 is 0 Å². The molecule has 4 rings (SSSR count). The van der Waals surface area contributed by atoms with Gasteiger partial charge in [0, 0.05) is 32.2 Å². The fourth-order valence-electron chi connectivity index (χ4n) is 5.37. The number of sulfonamides is 1. The summed E-state index contributed by atoms with van der Waals surface area (Å²) in [6.07, 6.45) is 1.95. The monoisotopic (exact) mass is 468 g/mol. The Hall–Kier alpha value is -1.69. The van der Waals surface area contributed by atoms with Crippen molar-refractivity contribution in [3.05, 3.63) is 64.2 Å². The lowest BCUT2D eigenvalue weighted by molar-refractivity contribution is 0.185. The maximum atomic E-state index is 14.1. The van der Waals surface area contributed by atoms with Crippen molar-refractivity contribution in [3.63, 3.8) is 0 Å². The number of hydrogen-bond donors (Lipinski definition) is 0. The van der Waals surface area contributed by atoms with Crippen LogP contribution in [0.25, 0.3) is 0 Å². The van der Waals surface area contributed by atoms with E-state index in [0.29, 0.717) is 23.9 Å². The number of nitrogens with zero attached hydrogens (tertiary/aromatic N) is 2. The van der Waals surface area contributed by atoms with Gasteiger partial charge < -0.3 is 0 Å². The van der Waals surface area contributed by atoms with E-state index in [4.69, 9.17) is 0 Å². The Balaban J connectivity index is 1.64. The Morgan fingerprint density at radius 2 is 1.45 bits per heavy atom. The molecular weight excluding hydrogens is 428 g/mol. The molecule has 1 unspecified atom stereocenters. The first-order valence-corrected chi connectivity index (χ1v) is 14.0. The molecule has 0 radical (unpaired) electrons. The van der Waals surface area contributed by atoms with Crippen LogP contribution in [0, 0.1) is 0 Å². The first-order valence-electron chi connectivity index (χ1n) is 12.6. The van der Waals surface area contributed by atoms with E-state index in [0.717, 1.165) is 37.1 Å². The van der Waals surface area contributed by atoms with Gasteiger partial charge in [-0.2, -0.15) is 4.31 Å². The predicted molar refractivity (Wildman–Crippen MR) is 136 cm³/mol. The maximum Gasteiger partial charge on any atom is 0.243 e. The molecule has 5 heteroatoms. The average Bonchev–Trinajstić information content (AvgIpc) is 3.29. The highest BCUT2D eigenvalue weighted by Crippen LogP contribution is 2.38. The van der Waals surface area contributed by atoms with Crippen molar-refractivity contribution >= 4 is 10.0 Å². The molecule has 0 saturated carbocycles. The Kier molecular flexibility index (Phi) is 7.05. The van der Waals surface area contributed by atoms with Crippen LogP contribution in [0.1, 0.15) is 93.5 Å². The zero-order chi connectivity index (χ0) is 23.9. The molecule has 33 heavy (non-hydrogen) atoms. The van der Waals surface area contributed by atoms with Crippen molar-refractivity contribution in [3.8, 4) is 0 Å². The van der Waals surface area contributed by atoms with Crippen molar-refractivity contribution in [2.45, 2.75) is 89.6 Å². The molecule has 180 valence electrons. The summed E-state index contributed by atoms with van der Waals surface area (Å²) in [6.45, 7) is 15.9. The highest BCUT2D eigenvalue weighted by molar-refractivity contribution is 7.89. The minimum absolute atomic E-state index is 0.156. The summed E-state index contributed by atoms with van der Waals surface area (Å²) in [4.78, 5) is 3.06. The second kappa shape index (κ2) is 9.52. The number of fused-ring (bicyclic) bond motifs is 1. The van der Waals surface area contributed by atoms with Gasteiger partial charge in [-0.3, -0.25) is 4.90 Å². The van der Waals surface area contributed by atoms with Crippen LogP contribution in [0.5, 0.6) is 0 Å². The lowest BCUT2D eigenvalue weighted by Gasteiger charge is -2.33. The number of hydrogen-bond acceptors (Lipinski definition) is 3. The van der Waals surface area contributed by atoms with Gasteiger partial charge in [0.25, 0.3) is 0 Å². The minimum Gasteiger partial charge on any atom is -0.294 e. The summed E-state index contributed by atoms with van der Waals surface area (Å²) in [5.41, 5.74) is 6.00. The van der Waals surface area contributed by atoms with Crippen molar-refractivity contribution in [1.82, 2.24) is 9.21 Å². The molecule has 0 spiro atoms. The highest BCUT2D eigenvalue weighted by Gasteiger charge is 2.38. The van der Waals surface area contributed by atoms with E-state index < -0.39 is 10.0 Å². The Morgan fingerprint density at radius 1 is 0.848 bits per heavy atom. The molecule has 2 heterocycles. The van der Waals surface area contributed by atoms with Crippen molar-refractivity contribution < 1.29 is 8.42 Å². The van der Waals surface area contributed by atoms with E-state index in [1.807, 2.05) is 0 Å². The van der Waals surface area contributed by atoms with E-state index in [9.17, 15) is 8.42 Å². The molecule has 1 fully saturated rings. The fourth-order valence-corrected chi connectivity index (χ4v) is 7.53. The summed E-state index contributed by atoms with van der Waals surface area (Å²) in [7, 11) is -3.56. The zero-order valence-electron chi connectivity index (χ0n) is 21.1. The van der Waals surface area contributed by atoms with Crippen molar-refractivity contribution in [1.29, 1.82) is 0 Å². The lowest BCUT2D eigenvalue weighted by Crippen LogP contribution is -2.41. The summed E-state index contributed by atoms with van der Waals surface area (Å²) in [5.74, 6) is 0.681. The molecule has 0 aromatic heterocycles. The second-order valence-electron chi connectivity index (χ2n) is 10.8. The predicted octanol–water partition coefficient (Wildman–Crippen LogP) is 5.88. The van der Waals surface area contributed by atoms with Gasteiger partial charge in [-0.1, -0.05) is 77.9 Å². The van der Waals surface area contributed by atoms with Crippen LogP contribution in [0.3, 0.4) is 0 Å². The van der Waals surface area contributed by atoms with E-state index in [1.165, 1.54) is 16.7 Å². The molecule has 2 aliphatic heterocycles. The third-order valence-corrected chi connectivity index (χ3v) is 9.48. The standard InChI is InChI=1S/C28H40N2O2S/c1-19(2)24-15-26(20(3)4)28(27(16-24)21(5)6)33(31,32)30-14-12-25(18-30)29-13-11-22-9-7-8-10-23(22)17-29/h7-10,15-16,19-21,25H,11-14,17-18H2,1-6H3. The van der Waals surface area contributed by atoms with E-state index in [1.54, 1.807) is 4.31 Å². The van der Waals surface area contributed by atoms with Crippen LogP contribution in [-0.2, 0) is 23.0 Å². The van der Waals surface area contributed by atoms with Crippen LogP contribution in [0.2, 0.25) is 0 Å². The van der Waals surface area contributed by atoms with Crippen LogP contribution in [0.4, 0.5) is 0 Å². The molecule has 0 bridgehead atoms. The van der Waals surface area contributed by atoms with Gasteiger partial charge in [-0.05, 0) is 58.4 Å². The molecule has 2 aromatic rings. The van der Waals surface area contributed by atoms with Gasteiger partial charge in [0.2, 0.25) is 10.0 Å². The summed E-state index contributed by atoms with van der Waals surface area (Å²) < 4.78 is 30.0. The summed E-state index contributed by atoms with van der Waals surface area (Å²) >= 11 is 0. The zero-order valence-corrected chi connectivity index (χ0v) is 22.0. The number of benzene rings is 2. The Labute approximate surface area is 201 Å². The van der Waals surface area contributed by atoms with Crippen molar-refractivity contribution in [2.24, 2.45) is 0 Å². The third kappa shape index (κ3) is 4.78. The van der Waals surface area contributed by atoms with Gasteiger partial charge in [-0.25, -0.2) is 8.42 Å². The quantitative estimate of drug-likeness (QED) is 0.532. The van der Waals surface area contributed by atoms with Gasteiger partial charge in [0.15, 0.2) is 0 Å². The Bertz CT molecular complexity index is 1080. The maximum absolute atomic E-state index is 14.1. The normalized spacial score (nSPS) is 20.2. The molecule has 0 amide bonds. The van der Waals surface area contributed by atoms with E-state index >= 15 is 0 Å². The van der Waals surface area contributed by atoms with Gasteiger partial charge in [0.05, 0.1) is 4.90 Å². The number of rotatable bonds is 6. The SMILES string of the molecule is CC(C)c1cc(C(C)C)c(S(=O)(=O)N2CCC(N3CCc4ccccc4C3)C2)c(C(C)C)c1. The molecule has 1 saturated heterocycles. The van der Waals surface area contributed by atoms with Gasteiger partial charge in [-0.15, -0.1) is 0 Å². The molecule has 0 aliphatic carbocycles. The van der Waals surface area contributed by atoms with E-state index in [2.05, 4.69) is 82.8 Å². The Morgan fingerprint density at radius 3 is 2.03 bits per heavy atom.